The second kappa shape index (κ2) is 18.6. The van der Waals surface area contributed by atoms with Crippen LogP contribution in [-0.4, -0.2) is 6.88 Å². The molecule has 0 nitrogen and oxygen atoms in total. The van der Waals surface area contributed by atoms with Gasteiger partial charge in [0.15, 0.2) is 0 Å². The Labute approximate surface area is 264 Å². The van der Waals surface area contributed by atoms with Gasteiger partial charge in [-0.3, -0.25) is 0 Å². The van der Waals surface area contributed by atoms with Gasteiger partial charge in [0.05, 0.1) is 0 Å². The third-order valence-electron chi connectivity index (χ3n) is 6.62. The molecule has 0 unspecified atom stereocenters. The van der Waals surface area contributed by atoms with E-state index in [4.69, 9.17) is 0 Å². The molecule has 0 aliphatic rings. The maximum atomic E-state index is 3.06. The minimum absolute atomic E-state index is 0. The van der Waals surface area contributed by atoms with Crippen molar-refractivity contribution in [1.82, 2.24) is 0 Å². The van der Waals surface area contributed by atoms with Crippen LogP contribution in [0.2, 0.25) is 0 Å². The monoisotopic (exact) mass is 646 g/mol. The Morgan fingerprint density at radius 2 is 0.842 bits per heavy atom. The minimum atomic E-state index is 0. The fraction of sp³-hybridized carbons (Fsp3) is 0.412. The normalized spacial score (nSPS) is 10.1. The van der Waals surface area contributed by atoms with Crippen molar-refractivity contribution in [3.05, 3.63) is 96.8 Å². The molecule has 212 valence electrons. The van der Waals surface area contributed by atoms with Crippen molar-refractivity contribution in [3.8, 4) is 0 Å². The molecule has 0 N–H and O–H groups in total. The van der Waals surface area contributed by atoms with Crippen LogP contribution in [0, 0.1) is 28.7 Å². The first-order valence-corrected chi connectivity index (χ1v) is 16.8. The molecule has 0 aliphatic heterocycles. The molecule has 38 heavy (non-hydrogen) atoms. The maximum absolute atomic E-state index is 3.06. The second-order valence-electron chi connectivity index (χ2n) is 10.8. The first-order chi connectivity index (χ1) is 16.0. The van der Waals surface area contributed by atoms with E-state index >= 15 is 0 Å². The molecule has 0 aromatic heterocycles. The Morgan fingerprint density at radius 1 is 0.553 bits per heavy atom. The fourth-order valence-corrected chi connectivity index (χ4v) is 5.24. The first-order valence-electron chi connectivity index (χ1n) is 12.7. The summed E-state index contributed by atoms with van der Waals surface area (Å²) in [4.78, 5) is 0. The molecule has 4 aromatic rings. The van der Waals surface area contributed by atoms with Crippen LogP contribution in [0.4, 0.5) is 0 Å². The van der Waals surface area contributed by atoms with E-state index in [0.717, 1.165) is 0 Å². The summed E-state index contributed by atoms with van der Waals surface area (Å²) in [6.07, 6.45) is 0. The topological polar surface area (TPSA) is 0 Å². The zero-order valence-electron chi connectivity index (χ0n) is 25.7. The van der Waals surface area contributed by atoms with Crippen molar-refractivity contribution in [3.63, 3.8) is 0 Å². The standard InChI is InChI=1S/2C16H21.2CH3.2ClH.Si.Zr/c2*1-10(2)14-7-6-13-8-12(5)9-15(13)16(14)11(3)4;;;;;;/h2*6-11H,1-5H3;2*1H3;2*1H;;/q4*-1;;;;. The predicted molar refractivity (Wildman–Crippen MR) is 178 cm³/mol. The Hall–Kier alpha value is -0.660. The molecular weight excluding hydrogens is 599 g/mol. The van der Waals surface area contributed by atoms with Crippen molar-refractivity contribution in [2.75, 3.05) is 0 Å². The molecule has 0 spiro atoms. The summed E-state index contributed by atoms with van der Waals surface area (Å²) >= 11 is 1.36. The van der Waals surface area contributed by atoms with Gasteiger partial charge in [-0.15, -0.1) is 93.9 Å². The summed E-state index contributed by atoms with van der Waals surface area (Å²) in [6, 6.07) is 18.4. The van der Waals surface area contributed by atoms with Gasteiger partial charge in [-0.25, -0.2) is 0 Å². The fourth-order valence-electron chi connectivity index (χ4n) is 5.24. The van der Waals surface area contributed by atoms with E-state index in [1.807, 2.05) is 0 Å². The summed E-state index contributed by atoms with van der Waals surface area (Å²) in [6.45, 7) is 25.7. The molecule has 0 fully saturated rings. The van der Waals surface area contributed by atoms with E-state index in [9.17, 15) is 0 Å². The number of hydrogen-bond acceptors (Lipinski definition) is 0. The first kappa shape index (κ1) is 41.8. The van der Waals surface area contributed by atoms with Crippen molar-refractivity contribution in [1.29, 1.82) is 0 Å². The van der Waals surface area contributed by atoms with Crippen molar-refractivity contribution in [2.45, 2.75) is 92.9 Å². The molecule has 0 amide bonds. The summed E-state index contributed by atoms with van der Waals surface area (Å²) < 4.78 is 0. The van der Waals surface area contributed by atoms with Gasteiger partial charge >= 0.3 is 30.2 Å². The Balaban J connectivity index is -0.000000551. The van der Waals surface area contributed by atoms with Gasteiger partial charge in [-0.2, -0.15) is 12.1 Å². The zero-order valence-corrected chi connectivity index (χ0v) is 30.8. The molecule has 4 aromatic carbocycles. The quantitative estimate of drug-likeness (QED) is 0.153. The van der Waals surface area contributed by atoms with Gasteiger partial charge in [0, 0.05) is 0 Å². The number of benzene rings is 2. The molecule has 0 atom stereocenters. The van der Waals surface area contributed by atoms with Crippen molar-refractivity contribution < 1.29 is 23.3 Å². The van der Waals surface area contributed by atoms with E-state index in [1.54, 1.807) is 11.1 Å². The average molecular weight is 649 g/mol. The van der Waals surface area contributed by atoms with Crippen LogP contribution in [0.25, 0.3) is 21.5 Å². The van der Waals surface area contributed by atoms with Gasteiger partial charge in [0.2, 0.25) is 0 Å². The zero-order chi connectivity index (χ0) is 25.7. The van der Waals surface area contributed by atoms with Gasteiger partial charge in [-0.1, -0.05) is 91.5 Å². The third-order valence-corrected chi connectivity index (χ3v) is 6.62. The van der Waals surface area contributed by atoms with Crippen LogP contribution < -0.4 is 0 Å². The van der Waals surface area contributed by atoms with Gasteiger partial charge in [0.25, 0.3) is 0 Å². The van der Waals surface area contributed by atoms with Crippen LogP contribution in [0.1, 0.15) is 112 Å². The average Bonchev–Trinajstić information content (AvgIpc) is 3.33. The third kappa shape index (κ3) is 9.76. The van der Waals surface area contributed by atoms with Crippen LogP contribution in [0.15, 0.2) is 48.5 Å². The number of halogens is 2. The van der Waals surface area contributed by atoms with Crippen molar-refractivity contribution >= 4 is 53.2 Å². The molecule has 4 rings (SSSR count). The predicted octanol–water partition coefficient (Wildman–Crippen LogP) is 11.6. The molecular formula is C34H50Cl2SiZr-4. The molecule has 2 radical (unpaired) electrons. The molecule has 0 heterocycles. The number of rotatable bonds is 4. The molecule has 0 bridgehead atoms. The van der Waals surface area contributed by atoms with E-state index in [2.05, 4.69) is 125 Å². The number of aryl methyl sites for hydroxylation is 2. The summed E-state index contributed by atoms with van der Waals surface area (Å²) in [7, 11) is 0. The Kier molecular flexibility index (Phi) is 20.5. The summed E-state index contributed by atoms with van der Waals surface area (Å²) in [5, 5.41) is 5.70. The van der Waals surface area contributed by atoms with E-state index in [1.165, 1.54) is 67.1 Å². The summed E-state index contributed by atoms with van der Waals surface area (Å²) in [5.74, 6) is 2.42. The SMILES string of the molecule is Cc1cc2c(C(C)C)c(C(C)C)ccc2[cH-]1.Cc1cc2c(C(C)C)c(C(C)C)ccc2[cH-]1.Cl.Cl.[CH3-].[CH3-].[Si]=[Zr]. The Morgan fingerprint density at radius 3 is 1.08 bits per heavy atom. The molecule has 0 saturated carbocycles. The number of fused-ring (bicyclic) bond motifs is 2. The molecule has 0 saturated heterocycles. The summed E-state index contributed by atoms with van der Waals surface area (Å²) in [5.41, 5.74) is 8.85. The second-order valence-corrected chi connectivity index (χ2v) is 10.8. The van der Waals surface area contributed by atoms with Gasteiger partial charge in [-0.05, 0) is 23.7 Å². The van der Waals surface area contributed by atoms with Gasteiger partial charge in [0.1, 0.15) is 0 Å². The Bertz CT molecular complexity index is 1130. The molecule has 4 heteroatoms. The van der Waals surface area contributed by atoms with Crippen LogP contribution in [0.5, 0.6) is 0 Å². The van der Waals surface area contributed by atoms with Gasteiger partial charge < -0.3 is 14.9 Å². The van der Waals surface area contributed by atoms with E-state index < -0.39 is 0 Å². The van der Waals surface area contributed by atoms with E-state index in [-0.39, 0.29) is 39.7 Å². The van der Waals surface area contributed by atoms with Crippen LogP contribution in [-0.2, 0) is 23.3 Å². The van der Waals surface area contributed by atoms with E-state index in [0.29, 0.717) is 23.7 Å². The van der Waals surface area contributed by atoms with Crippen LogP contribution in [0.3, 0.4) is 0 Å². The molecule has 0 aliphatic carbocycles. The number of hydrogen-bond donors (Lipinski definition) is 0. The van der Waals surface area contributed by atoms with Crippen LogP contribution >= 0.6 is 24.8 Å². The van der Waals surface area contributed by atoms with Crippen molar-refractivity contribution in [2.24, 2.45) is 0 Å².